The van der Waals surface area contributed by atoms with Crippen LogP contribution in [0.5, 0.6) is 5.75 Å². The zero-order valence-electron chi connectivity index (χ0n) is 19.5. The zero-order chi connectivity index (χ0) is 25.4. The number of pyridine rings is 1. The SMILES string of the molecule is COc1cc(-c2csc3c(/C=C/C(=O)O)cnc(N)c23)ccc1NC(=O)c1cc2ccccc2n1C. The molecule has 0 atom stereocenters. The summed E-state index contributed by atoms with van der Waals surface area (Å²) in [6.07, 6.45) is 4.13. The number of hydrogen-bond donors (Lipinski definition) is 3. The molecule has 36 heavy (non-hydrogen) atoms. The van der Waals surface area contributed by atoms with E-state index < -0.39 is 5.97 Å². The molecular formula is C27H22N4O4S. The molecule has 5 rings (SSSR count). The number of nitrogens with one attached hydrogen (secondary N) is 1. The average Bonchev–Trinajstić information content (AvgIpc) is 3.47. The minimum atomic E-state index is -1.04. The molecule has 4 N–H and O–H groups in total. The van der Waals surface area contributed by atoms with Gasteiger partial charge in [0.25, 0.3) is 5.91 Å². The molecule has 0 radical (unpaired) electrons. The highest BCUT2D eigenvalue weighted by Crippen LogP contribution is 2.41. The number of amides is 1. The van der Waals surface area contributed by atoms with Crippen molar-refractivity contribution in [1.82, 2.24) is 9.55 Å². The molecule has 8 nitrogen and oxygen atoms in total. The topological polar surface area (TPSA) is 119 Å². The van der Waals surface area contributed by atoms with Crippen molar-refractivity contribution in [3.63, 3.8) is 0 Å². The van der Waals surface area contributed by atoms with Crippen LogP contribution in [-0.4, -0.2) is 33.6 Å². The van der Waals surface area contributed by atoms with Crippen molar-refractivity contribution >= 4 is 61.8 Å². The van der Waals surface area contributed by atoms with Crippen LogP contribution in [0.25, 0.3) is 38.2 Å². The maximum Gasteiger partial charge on any atom is 0.328 e. The van der Waals surface area contributed by atoms with Crippen LogP contribution < -0.4 is 15.8 Å². The highest BCUT2D eigenvalue weighted by Gasteiger charge is 2.18. The number of nitrogens with two attached hydrogens (primary N) is 1. The molecule has 0 unspecified atom stereocenters. The van der Waals surface area contributed by atoms with E-state index in [0.717, 1.165) is 38.2 Å². The van der Waals surface area contributed by atoms with E-state index in [1.807, 2.05) is 59.5 Å². The molecule has 180 valence electrons. The molecule has 0 aliphatic rings. The Balaban J connectivity index is 1.50. The number of benzene rings is 2. The van der Waals surface area contributed by atoms with Crippen molar-refractivity contribution in [1.29, 1.82) is 0 Å². The Morgan fingerprint density at radius 3 is 2.75 bits per heavy atom. The summed E-state index contributed by atoms with van der Waals surface area (Å²) >= 11 is 1.45. The van der Waals surface area contributed by atoms with Gasteiger partial charge in [0.15, 0.2) is 0 Å². The molecular weight excluding hydrogens is 476 g/mol. The Morgan fingerprint density at radius 2 is 2.00 bits per heavy atom. The predicted molar refractivity (Wildman–Crippen MR) is 144 cm³/mol. The van der Waals surface area contributed by atoms with E-state index in [2.05, 4.69) is 10.3 Å². The fourth-order valence-electron chi connectivity index (χ4n) is 4.23. The van der Waals surface area contributed by atoms with Gasteiger partial charge in [0, 0.05) is 51.4 Å². The number of rotatable bonds is 6. The summed E-state index contributed by atoms with van der Waals surface area (Å²) in [4.78, 5) is 28.3. The highest BCUT2D eigenvalue weighted by molar-refractivity contribution is 7.18. The smallest absolute Gasteiger partial charge is 0.328 e. The first-order valence-electron chi connectivity index (χ1n) is 11.0. The lowest BCUT2D eigenvalue weighted by Gasteiger charge is -2.13. The number of aromatic nitrogens is 2. The van der Waals surface area contributed by atoms with Gasteiger partial charge in [0.1, 0.15) is 17.3 Å². The number of carbonyl (C=O) groups is 2. The van der Waals surface area contributed by atoms with Crippen molar-refractivity contribution in [3.8, 4) is 16.9 Å². The lowest BCUT2D eigenvalue weighted by atomic mass is 10.0. The van der Waals surface area contributed by atoms with Gasteiger partial charge in [-0.15, -0.1) is 11.3 Å². The lowest BCUT2D eigenvalue weighted by Crippen LogP contribution is -2.16. The van der Waals surface area contributed by atoms with E-state index >= 15 is 0 Å². The van der Waals surface area contributed by atoms with Gasteiger partial charge in [-0.3, -0.25) is 4.79 Å². The Hall–Kier alpha value is -4.63. The number of anilines is 2. The minimum Gasteiger partial charge on any atom is -0.495 e. The molecule has 0 aliphatic carbocycles. The third-order valence-corrected chi connectivity index (χ3v) is 7.03. The third-order valence-electron chi connectivity index (χ3n) is 6.00. The summed E-state index contributed by atoms with van der Waals surface area (Å²) in [6, 6.07) is 15.2. The molecule has 9 heteroatoms. The van der Waals surface area contributed by atoms with Gasteiger partial charge >= 0.3 is 5.97 Å². The Bertz CT molecular complexity index is 1680. The van der Waals surface area contributed by atoms with Crippen molar-refractivity contribution in [3.05, 3.63) is 77.4 Å². The van der Waals surface area contributed by atoms with Gasteiger partial charge in [-0.25, -0.2) is 9.78 Å². The molecule has 3 aromatic heterocycles. The number of carbonyl (C=O) groups excluding carboxylic acids is 1. The number of nitrogens with zero attached hydrogens (tertiary/aromatic N) is 2. The quantitative estimate of drug-likeness (QED) is 0.270. The molecule has 0 fully saturated rings. The second kappa shape index (κ2) is 9.20. The van der Waals surface area contributed by atoms with E-state index in [9.17, 15) is 9.59 Å². The van der Waals surface area contributed by atoms with Gasteiger partial charge in [0.2, 0.25) is 0 Å². The first kappa shape index (κ1) is 23.1. The average molecular weight is 499 g/mol. The van der Waals surface area contributed by atoms with Crippen molar-refractivity contribution < 1.29 is 19.4 Å². The normalized spacial score (nSPS) is 11.4. The van der Waals surface area contributed by atoms with Crippen molar-refractivity contribution in [2.75, 3.05) is 18.2 Å². The summed E-state index contributed by atoms with van der Waals surface area (Å²) in [5.41, 5.74) is 10.6. The Morgan fingerprint density at radius 1 is 1.19 bits per heavy atom. The zero-order valence-corrected chi connectivity index (χ0v) is 20.3. The highest BCUT2D eigenvalue weighted by atomic mass is 32.1. The van der Waals surface area contributed by atoms with Gasteiger partial charge in [-0.2, -0.15) is 0 Å². The molecule has 2 aromatic carbocycles. The molecule has 1 amide bonds. The number of ether oxygens (including phenoxy) is 1. The number of fused-ring (bicyclic) bond motifs is 2. The molecule has 0 spiro atoms. The van der Waals surface area contributed by atoms with Gasteiger partial charge in [-0.1, -0.05) is 24.3 Å². The number of nitrogen functional groups attached to an aromatic ring is 1. The van der Waals surface area contributed by atoms with Crippen LogP contribution in [0, 0.1) is 0 Å². The number of thiophene rings is 1. The van der Waals surface area contributed by atoms with Crippen molar-refractivity contribution in [2.24, 2.45) is 7.05 Å². The van der Waals surface area contributed by atoms with E-state index in [4.69, 9.17) is 15.6 Å². The fraction of sp³-hybridized carbons (Fsp3) is 0.0741. The molecule has 0 saturated carbocycles. The Labute approximate surface area is 210 Å². The molecule has 3 heterocycles. The first-order valence-corrected chi connectivity index (χ1v) is 11.9. The summed E-state index contributed by atoms with van der Waals surface area (Å²) < 4.78 is 8.29. The number of aryl methyl sites for hydroxylation is 1. The Kier molecular flexibility index (Phi) is 5.91. The van der Waals surface area contributed by atoms with Crippen LogP contribution in [0.15, 0.2) is 66.2 Å². The first-order chi connectivity index (χ1) is 17.4. The van der Waals surface area contributed by atoms with E-state index in [1.54, 1.807) is 19.4 Å². The van der Waals surface area contributed by atoms with Crippen LogP contribution in [0.3, 0.4) is 0 Å². The van der Waals surface area contributed by atoms with Crippen LogP contribution >= 0.6 is 11.3 Å². The number of aliphatic carboxylic acids is 1. The maximum absolute atomic E-state index is 13.1. The number of hydrogen-bond acceptors (Lipinski definition) is 6. The predicted octanol–water partition coefficient (Wildman–Crippen LogP) is 5.40. The van der Waals surface area contributed by atoms with Gasteiger partial charge in [-0.05, 0) is 41.3 Å². The van der Waals surface area contributed by atoms with E-state index in [1.165, 1.54) is 17.4 Å². The van der Waals surface area contributed by atoms with Crippen LogP contribution in [-0.2, 0) is 11.8 Å². The number of methoxy groups -OCH3 is 1. The molecule has 0 saturated heterocycles. The third kappa shape index (κ3) is 4.05. The molecule has 5 aromatic rings. The summed E-state index contributed by atoms with van der Waals surface area (Å²) in [7, 11) is 3.40. The summed E-state index contributed by atoms with van der Waals surface area (Å²) in [5.74, 6) is -0.445. The lowest BCUT2D eigenvalue weighted by molar-refractivity contribution is -0.131. The van der Waals surface area contributed by atoms with Gasteiger partial charge in [0.05, 0.1) is 12.8 Å². The second-order valence-corrected chi connectivity index (χ2v) is 9.02. The van der Waals surface area contributed by atoms with E-state index in [-0.39, 0.29) is 5.91 Å². The van der Waals surface area contributed by atoms with Crippen LogP contribution in [0.1, 0.15) is 16.1 Å². The number of carboxylic acids is 1. The van der Waals surface area contributed by atoms with Gasteiger partial charge < -0.3 is 25.5 Å². The number of para-hydroxylation sites is 1. The largest absolute Gasteiger partial charge is 0.495 e. The summed E-state index contributed by atoms with van der Waals surface area (Å²) in [5, 5.41) is 15.6. The number of carboxylic acid groups (broad SMARTS) is 1. The molecule has 0 bridgehead atoms. The summed E-state index contributed by atoms with van der Waals surface area (Å²) in [6.45, 7) is 0. The standard InChI is InChI=1S/C27H22N4O4S/c1-31-20-6-4-3-5-16(20)11-21(31)27(34)30-19-9-7-15(12-22(19)35-2)18-14-36-25-17(8-10-23(32)33)13-29-26(28)24(18)25/h3-14H,1-2H3,(H2,28,29)(H,30,34)(H,32,33)/b10-8+. The van der Waals surface area contributed by atoms with Crippen molar-refractivity contribution in [2.45, 2.75) is 0 Å². The van der Waals surface area contributed by atoms with Crippen LogP contribution in [0.4, 0.5) is 11.5 Å². The molecule has 0 aliphatic heterocycles. The van der Waals surface area contributed by atoms with E-state index in [0.29, 0.717) is 28.5 Å². The monoisotopic (exact) mass is 498 g/mol. The van der Waals surface area contributed by atoms with Crippen LogP contribution in [0.2, 0.25) is 0 Å². The maximum atomic E-state index is 13.1. The second-order valence-electron chi connectivity index (χ2n) is 8.14. The fourth-order valence-corrected chi connectivity index (χ4v) is 5.31. The minimum absolute atomic E-state index is 0.246.